The van der Waals surface area contributed by atoms with Crippen LogP contribution in [-0.4, -0.2) is 19.4 Å². The number of nitrogens with zero attached hydrogens (tertiary/aromatic N) is 4. The zero-order valence-corrected chi connectivity index (χ0v) is 17.6. The van der Waals surface area contributed by atoms with Gasteiger partial charge in [0.1, 0.15) is 5.82 Å². The Kier molecular flexibility index (Phi) is 3.65. The first-order chi connectivity index (χ1) is 12.5. The molecule has 4 rings (SSSR count). The second-order valence-corrected chi connectivity index (χ2v) is 9.70. The molecule has 140 valence electrons. The molecule has 0 saturated heterocycles. The zero-order chi connectivity index (χ0) is 19.7. The number of rotatable bonds is 0. The quantitative estimate of drug-likeness (QED) is 0.407. The van der Waals surface area contributed by atoms with Crippen molar-refractivity contribution in [1.29, 1.82) is 0 Å². The molecule has 0 aliphatic carbocycles. The molecule has 0 N–H and O–H groups in total. The molecule has 4 heteroatoms. The third kappa shape index (κ3) is 2.78. The van der Waals surface area contributed by atoms with E-state index in [1.54, 1.807) is 0 Å². The van der Waals surface area contributed by atoms with Gasteiger partial charge in [-0.3, -0.25) is 4.40 Å². The van der Waals surface area contributed by atoms with Crippen molar-refractivity contribution in [3.05, 3.63) is 46.9 Å². The van der Waals surface area contributed by atoms with Crippen molar-refractivity contribution < 1.29 is 0 Å². The average Bonchev–Trinajstić information content (AvgIpc) is 2.90. The van der Waals surface area contributed by atoms with Gasteiger partial charge in [0, 0.05) is 16.5 Å². The van der Waals surface area contributed by atoms with Crippen LogP contribution in [0, 0.1) is 13.8 Å². The maximum absolute atomic E-state index is 5.04. The first kappa shape index (κ1) is 17.9. The lowest BCUT2D eigenvalue weighted by Gasteiger charge is -2.22. The van der Waals surface area contributed by atoms with E-state index in [1.165, 1.54) is 11.1 Å². The number of fused-ring (bicyclic) bond motifs is 5. The average molecular weight is 361 g/mol. The molecule has 4 aromatic rings. The van der Waals surface area contributed by atoms with Gasteiger partial charge in [-0.15, -0.1) is 0 Å². The number of imidazole rings is 1. The Labute approximate surface area is 160 Å². The zero-order valence-electron chi connectivity index (χ0n) is 17.6. The van der Waals surface area contributed by atoms with E-state index in [-0.39, 0.29) is 10.8 Å². The molecular formula is C23H28N4. The van der Waals surface area contributed by atoms with Crippen molar-refractivity contribution in [2.24, 2.45) is 0 Å². The fraction of sp³-hybridized carbons (Fsp3) is 0.435. The molecule has 1 aromatic carbocycles. The Morgan fingerprint density at radius 1 is 0.778 bits per heavy atom. The van der Waals surface area contributed by atoms with E-state index in [1.807, 2.05) is 0 Å². The standard InChI is InChI=1S/C23H28N4/c1-13-11-16-17(12-14(13)2)27-20(24-16)15-9-10-18(22(3,4)5)25-19(15)26-21(27)23(6,7)8/h9-12H,1-8H3. The van der Waals surface area contributed by atoms with Crippen LogP contribution in [-0.2, 0) is 10.8 Å². The highest BCUT2D eigenvalue weighted by molar-refractivity contribution is 5.95. The predicted octanol–water partition coefficient (Wildman–Crippen LogP) is 5.64. The van der Waals surface area contributed by atoms with Crippen LogP contribution in [0.4, 0.5) is 0 Å². The van der Waals surface area contributed by atoms with Gasteiger partial charge in [-0.05, 0) is 49.2 Å². The third-order valence-corrected chi connectivity index (χ3v) is 5.25. The van der Waals surface area contributed by atoms with Crippen LogP contribution in [0.1, 0.15) is 64.2 Å². The van der Waals surface area contributed by atoms with Gasteiger partial charge in [0.15, 0.2) is 11.3 Å². The van der Waals surface area contributed by atoms with Gasteiger partial charge in [0.25, 0.3) is 0 Å². The van der Waals surface area contributed by atoms with Crippen molar-refractivity contribution in [3.8, 4) is 0 Å². The predicted molar refractivity (Wildman–Crippen MR) is 113 cm³/mol. The minimum absolute atomic E-state index is 0.0156. The van der Waals surface area contributed by atoms with Gasteiger partial charge in [-0.2, -0.15) is 0 Å². The van der Waals surface area contributed by atoms with Crippen LogP contribution < -0.4 is 0 Å². The second-order valence-electron chi connectivity index (χ2n) is 9.70. The summed E-state index contributed by atoms with van der Waals surface area (Å²) in [5.74, 6) is 0.995. The Bertz CT molecular complexity index is 1200. The summed E-state index contributed by atoms with van der Waals surface area (Å²) < 4.78 is 2.22. The molecule has 0 saturated carbocycles. The molecule has 3 heterocycles. The molecular weight excluding hydrogens is 332 g/mol. The summed E-state index contributed by atoms with van der Waals surface area (Å²) in [5, 5.41) is 1.00. The third-order valence-electron chi connectivity index (χ3n) is 5.25. The summed E-state index contributed by atoms with van der Waals surface area (Å²) in [4.78, 5) is 14.9. The molecule has 0 atom stereocenters. The number of aryl methyl sites for hydroxylation is 2. The van der Waals surface area contributed by atoms with E-state index in [9.17, 15) is 0 Å². The molecule has 0 spiro atoms. The van der Waals surface area contributed by atoms with Gasteiger partial charge in [0.05, 0.1) is 16.4 Å². The van der Waals surface area contributed by atoms with Crippen molar-refractivity contribution >= 4 is 27.7 Å². The number of hydrogen-bond donors (Lipinski definition) is 0. The lowest BCUT2D eigenvalue weighted by atomic mass is 9.91. The van der Waals surface area contributed by atoms with Crippen LogP contribution in [0.25, 0.3) is 27.7 Å². The van der Waals surface area contributed by atoms with E-state index < -0.39 is 0 Å². The van der Waals surface area contributed by atoms with Crippen molar-refractivity contribution in [2.45, 2.75) is 66.2 Å². The molecule has 3 aromatic heterocycles. The lowest BCUT2D eigenvalue weighted by molar-refractivity contribution is 0.540. The van der Waals surface area contributed by atoms with Crippen LogP contribution in [0.3, 0.4) is 0 Å². The summed E-state index contributed by atoms with van der Waals surface area (Å²) in [7, 11) is 0. The van der Waals surface area contributed by atoms with Gasteiger partial charge in [-0.25, -0.2) is 15.0 Å². The maximum atomic E-state index is 5.04. The molecule has 4 nitrogen and oxygen atoms in total. The molecule has 0 aliphatic heterocycles. The Morgan fingerprint density at radius 3 is 2.07 bits per heavy atom. The van der Waals surface area contributed by atoms with Gasteiger partial charge < -0.3 is 0 Å². The molecule has 0 fully saturated rings. The first-order valence-electron chi connectivity index (χ1n) is 9.58. The molecule has 0 amide bonds. The highest BCUT2D eigenvalue weighted by atomic mass is 15.1. The first-order valence-corrected chi connectivity index (χ1v) is 9.58. The fourth-order valence-electron chi connectivity index (χ4n) is 3.51. The highest BCUT2D eigenvalue weighted by Gasteiger charge is 2.25. The smallest absolute Gasteiger partial charge is 0.165 e. The summed E-state index contributed by atoms with van der Waals surface area (Å²) in [6.45, 7) is 17.4. The normalized spacial score (nSPS) is 13.2. The lowest BCUT2D eigenvalue weighted by Crippen LogP contribution is -2.20. The second kappa shape index (κ2) is 5.51. The van der Waals surface area contributed by atoms with Crippen LogP contribution in [0.5, 0.6) is 0 Å². The number of benzene rings is 1. The Morgan fingerprint density at radius 2 is 1.44 bits per heavy atom. The van der Waals surface area contributed by atoms with Gasteiger partial charge in [0.2, 0.25) is 0 Å². The van der Waals surface area contributed by atoms with E-state index in [2.05, 4.69) is 84.1 Å². The topological polar surface area (TPSA) is 43.1 Å². The molecule has 0 bridgehead atoms. The molecule has 27 heavy (non-hydrogen) atoms. The summed E-state index contributed by atoms with van der Waals surface area (Å²) in [6, 6.07) is 8.64. The van der Waals surface area contributed by atoms with Crippen LogP contribution >= 0.6 is 0 Å². The minimum atomic E-state index is -0.127. The van der Waals surface area contributed by atoms with E-state index >= 15 is 0 Å². The summed E-state index contributed by atoms with van der Waals surface area (Å²) in [5.41, 5.74) is 7.29. The van der Waals surface area contributed by atoms with Crippen molar-refractivity contribution in [1.82, 2.24) is 19.4 Å². The largest absolute Gasteiger partial charge is 0.279 e. The molecule has 0 aliphatic rings. The Balaban J connectivity index is 2.22. The summed E-state index contributed by atoms with van der Waals surface area (Å²) in [6.07, 6.45) is 0. The van der Waals surface area contributed by atoms with Crippen LogP contribution in [0.2, 0.25) is 0 Å². The molecule has 0 radical (unpaired) electrons. The van der Waals surface area contributed by atoms with Gasteiger partial charge >= 0.3 is 0 Å². The Hall–Kier alpha value is -2.49. The van der Waals surface area contributed by atoms with E-state index in [4.69, 9.17) is 15.0 Å². The monoisotopic (exact) mass is 360 g/mol. The van der Waals surface area contributed by atoms with Crippen LogP contribution in [0.15, 0.2) is 24.3 Å². The number of hydrogen-bond acceptors (Lipinski definition) is 3. The molecule has 0 unspecified atom stereocenters. The van der Waals surface area contributed by atoms with Crippen molar-refractivity contribution in [2.75, 3.05) is 0 Å². The minimum Gasteiger partial charge on any atom is -0.279 e. The maximum Gasteiger partial charge on any atom is 0.165 e. The number of pyridine rings is 1. The fourth-order valence-corrected chi connectivity index (χ4v) is 3.51. The summed E-state index contributed by atoms with van der Waals surface area (Å²) >= 11 is 0. The van der Waals surface area contributed by atoms with E-state index in [0.29, 0.717) is 0 Å². The number of aromatic nitrogens is 4. The SMILES string of the molecule is Cc1cc2nc3c4ccc(C(C)(C)C)nc4nc(C(C)(C)C)n3c2cc1C. The van der Waals surface area contributed by atoms with Gasteiger partial charge in [-0.1, -0.05) is 41.5 Å². The highest BCUT2D eigenvalue weighted by Crippen LogP contribution is 2.32. The van der Waals surface area contributed by atoms with E-state index in [0.717, 1.165) is 39.2 Å². The van der Waals surface area contributed by atoms with Crippen molar-refractivity contribution in [3.63, 3.8) is 0 Å².